The second-order valence-electron chi connectivity index (χ2n) is 7.64. The average Bonchev–Trinajstić information content (AvgIpc) is 2.34. The molecule has 1 amide bonds. The molecule has 0 saturated heterocycles. The van der Waals surface area contributed by atoms with Crippen molar-refractivity contribution in [1.82, 2.24) is 4.90 Å². The summed E-state index contributed by atoms with van der Waals surface area (Å²) >= 11 is 0. The maximum absolute atomic E-state index is 13.4. The summed E-state index contributed by atoms with van der Waals surface area (Å²) in [4.78, 5) is 25.4. The van der Waals surface area contributed by atoms with E-state index in [0.717, 1.165) is 0 Å². The number of rotatable bonds is 4. The Hall–Kier alpha value is -1.40. The molecule has 1 N–H and O–H groups in total. The highest BCUT2D eigenvalue weighted by Crippen LogP contribution is 2.44. The Morgan fingerprint density at radius 1 is 1.17 bits per heavy atom. The summed E-state index contributed by atoms with van der Waals surface area (Å²) in [6.07, 6.45) is -1.87. The molecule has 1 fully saturated rings. The van der Waals surface area contributed by atoms with Crippen LogP contribution >= 0.6 is 0 Å². The van der Waals surface area contributed by atoms with Crippen molar-refractivity contribution in [2.75, 3.05) is 6.54 Å². The molecule has 1 rings (SSSR count). The van der Waals surface area contributed by atoms with Crippen molar-refractivity contribution in [2.45, 2.75) is 77.9 Å². The molecular formula is C16H27F2NO4. The van der Waals surface area contributed by atoms with E-state index in [-0.39, 0.29) is 25.4 Å². The van der Waals surface area contributed by atoms with Gasteiger partial charge in [0.05, 0.1) is 5.41 Å². The lowest BCUT2D eigenvalue weighted by Gasteiger charge is -2.41. The summed E-state index contributed by atoms with van der Waals surface area (Å²) in [5.74, 6) is -3.96. The third-order valence-electron chi connectivity index (χ3n) is 4.12. The van der Waals surface area contributed by atoms with Crippen molar-refractivity contribution in [3.05, 3.63) is 0 Å². The lowest BCUT2D eigenvalue weighted by molar-refractivity contribution is -0.158. The molecule has 0 bridgehead atoms. The Morgan fingerprint density at radius 2 is 1.65 bits per heavy atom. The lowest BCUT2D eigenvalue weighted by Crippen LogP contribution is -2.51. The number of carbonyl (C=O) groups excluding carboxylic acids is 1. The van der Waals surface area contributed by atoms with Crippen LogP contribution in [0, 0.1) is 5.41 Å². The highest BCUT2D eigenvalue weighted by Gasteiger charge is 2.49. The Morgan fingerprint density at radius 3 is 2.00 bits per heavy atom. The topological polar surface area (TPSA) is 66.8 Å². The zero-order chi connectivity index (χ0) is 18.1. The van der Waals surface area contributed by atoms with E-state index >= 15 is 0 Å². The van der Waals surface area contributed by atoms with Crippen molar-refractivity contribution in [3.63, 3.8) is 0 Å². The van der Waals surface area contributed by atoms with E-state index in [4.69, 9.17) is 4.74 Å². The number of amides is 1. The van der Waals surface area contributed by atoms with Crippen LogP contribution in [-0.2, 0) is 9.53 Å². The van der Waals surface area contributed by atoms with Crippen molar-refractivity contribution in [2.24, 2.45) is 5.41 Å². The minimum atomic E-state index is -2.83. The SMILES string of the molecule is CC(C)N(CC1(C(=O)O)CCC(F)(F)CC1)C(=O)OC(C)(C)C. The van der Waals surface area contributed by atoms with Crippen LogP contribution in [0.2, 0.25) is 0 Å². The highest BCUT2D eigenvalue weighted by molar-refractivity contribution is 5.77. The van der Waals surface area contributed by atoms with Gasteiger partial charge in [-0.3, -0.25) is 4.79 Å². The molecule has 134 valence electrons. The average molecular weight is 335 g/mol. The fourth-order valence-electron chi connectivity index (χ4n) is 2.64. The Bertz CT molecular complexity index is 447. The predicted octanol–water partition coefficient (Wildman–Crippen LogP) is 3.91. The van der Waals surface area contributed by atoms with Gasteiger partial charge in [-0.25, -0.2) is 13.6 Å². The smallest absolute Gasteiger partial charge is 0.410 e. The monoisotopic (exact) mass is 335 g/mol. The standard InChI is InChI=1S/C16H27F2NO4/c1-11(2)19(13(22)23-14(3,4)5)10-15(12(20)21)6-8-16(17,18)9-7-15/h11H,6-10H2,1-5H3,(H,20,21). The van der Waals surface area contributed by atoms with Gasteiger partial charge in [-0.05, 0) is 47.5 Å². The van der Waals surface area contributed by atoms with E-state index in [1.54, 1.807) is 34.6 Å². The van der Waals surface area contributed by atoms with E-state index in [1.807, 2.05) is 0 Å². The van der Waals surface area contributed by atoms with E-state index in [0.29, 0.717) is 0 Å². The fourth-order valence-corrected chi connectivity index (χ4v) is 2.64. The van der Waals surface area contributed by atoms with E-state index in [9.17, 15) is 23.5 Å². The molecule has 0 unspecified atom stereocenters. The Labute approximate surface area is 136 Å². The van der Waals surface area contributed by atoms with Crippen LogP contribution in [0.25, 0.3) is 0 Å². The van der Waals surface area contributed by atoms with Gasteiger partial charge in [0.25, 0.3) is 0 Å². The van der Waals surface area contributed by atoms with Gasteiger partial charge in [-0.2, -0.15) is 0 Å². The summed E-state index contributed by atoms with van der Waals surface area (Å²) in [6.45, 7) is 8.53. The molecule has 1 aliphatic rings. The zero-order valence-corrected chi connectivity index (χ0v) is 14.5. The quantitative estimate of drug-likeness (QED) is 0.846. The maximum atomic E-state index is 13.4. The first-order valence-corrected chi connectivity index (χ1v) is 7.89. The van der Waals surface area contributed by atoms with Crippen LogP contribution in [0.15, 0.2) is 0 Å². The molecule has 0 radical (unpaired) electrons. The van der Waals surface area contributed by atoms with Gasteiger partial charge in [-0.15, -0.1) is 0 Å². The third-order valence-corrected chi connectivity index (χ3v) is 4.12. The number of halogens is 2. The van der Waals surface area contributed by atoms with Crippen molar-refractivity contribution in [3.8, 4) is 0 Å². The molecule has 0 aromatic carbocycles. The van der Waals surface area contributed by atoms with E-state index in [1.165, 1.54) is 4.90 Å². The molecule has 0 aromatic heterocycles. The molecule has 0 atom stereocenters. The van der Waals surface area contributed by atoms with Gasteiger partial charge in [0, 0.05) is 25.4 Å². The number of carbonyl (C=O) groups is 2. The molecule has 0 aromatic rings. The molecule has 0 spiro atoms. The van der Waals surface area contributed by atoms with E-state index in [2.05, 4.69) is 0 Å². The molecule has 1 saturated carbocycles. The van der Waals surface area contributed by atoms with E-state index < -0.39 is 41.8 Å². The summed E-state index contributed by atoms with van der Waals surface area (Å²) < 4.78 is 32.1. The minimum absolute atomic E-state index is 0.120. The Balaban J connectivity index is 2.95. The van der Waals surface area contributed by atoms with Gasteiger partial charge in [0.15, 0.2) is 0 Å². The largest absolute Gasteiger partial charge is 0.481 e. The number of alkyl halides is 2. The van der Waals surface area contributed by atoms with Crippen LogP contribution in [0.1, 0.15) is 60.3 Å². The first-order valence-electron chi connectivity index (χ1n) is 7.89. The highest BCUT2D eigenvalue weighted by atomic mass is 19.3. The first kappa shape index (κ1) is 19.6. The molecule has 23 heavy (non-hydrogen) atoms. The summed E-state index contributed by atoms with van der Waals surface area (Å²) in [6, 6.07) is -0.288. The molecular weight excluding hydrogens is 308 g/mol. The third kappa shape index (κ3) is 5.32. The number of aliphatic carboxylic acids is 1. The molecule has 5 nitrogen and oxygen atoms in total. The lowest BCUT2D eigenvalue weighted by atomic mass is 9.72. The second kappa shape index (κ2) is 6.61. The van der Waals surface area contributed by atoms with Gasteiger partial charge < -0.3 is 14.7 Å². The number of carboxylic acid groups (broad SMARTS) is 1. The first-order chi connectivity index (χ1) is 10.3. The maximum Gasteiger partial charge on any atom is 0.410 e. The molecule has 0 heterocycles. The van der Waals surface area contributed by atoms with Gasteiger partial charge >= 0.3 is 12.1 Å². The summed E-state index contributed by atoms with van der Waals surface area (Å²) in [5, 5.41) is 9.58. The molecule has 0 aliphatic heterocycles. The van der Waals surface area contributed by atoms with Crippen LogP contribution < -0.4 is 0 Å². The van der Waals surface area contributed by atoms with Gasteiger partial charge in [0.2, 0.25) is 5.92 Å². The van der Waals surface area contributed by atoms with Crippen LogP contribution in [0.3, 0.4) is 0 Å². The van der Waals surface area contributed by atoms with Crippen LogP contribution in [-0.4, -0.2) is 46.2 Å². The Kier molecular flexibility index (Phi) is 5.65. The zero-order valence-electron chi connectivity index (χ0n) is 14.5. The van der Waals surface area contributed by atoms with Crippen molar-refractivity contribution >= 4 is 12.1 Å². The summed E-state index contributed by atoms with van der Waals surface area (Å²) in [7, 11) is 0. The van der Waals surface area contributed by atoms with Crippen molar-refractivity contribution < 1.29 is 28.2 Å². The number of carboxylic acids is 1. The predicted molar refractivity (Wildman–Crippen MR) is 81.6 cm³/mol. The number of ether oxygens (including phenoxy) is 1. The normalized spacial score (nSPS) is 20.2. The van der Waals surface area contributed by atoms with Gasteiger partial charge in [-0.1, -0.05) is 0 Å². The van der Waals surface area contributed by atoms with Gasteiger partial charge in [0.1, 0.15) is 5.60 Å². The second-order valence-corrected chi connectivity index (χ2v) is 7.64. The molecule has 7 heteroatoms. The van der Waals surface area contributed by atoms with Crippen LogP contribution in [0.4, 0.5) is 13.6 Å². The number of nitrogens with zero attached hydrogens (tertiary/aromatic N) is 1. The summed E-state index contributed by atoms with van der Waals surface area (Å²) in [5.41, 5.74) is -2.05. The fraction of sp³-hybridized carbons (Fsp3) is 0.875. The minimum Gasteiger partial charge on any atom is -0.481 e. The number of hydrogen-bond acceptors (Lipinski definition) is 3. The van der Waals surface area contributed by atoms with Crippen LogP contribution in [0.5, 0.6) is 0 Å². The van der Waals surface area contributed by atoms with Crippen molar-refractivity contribution in [1.29, 1.82) is 0 Å². The molecule has 1 aliphatic carbocycles. The number of hydrogen-bond donors (Lipinski definition) is 1.